The molecule has 0 saturated carbocycles. The van der Waals surface area contributed by atoms with Crippen LogP contribution in [0.5, 0.6) is 0 Å². The molecule has 32 heavy (non-hydrogen) atoms. The first-order valence-corrected chi connectivity index (χ1v) is 11.4. The zero-order chi connectivity index (χ0) is 22.3. The van der Waals surface area contributed by atoms with Gasteiger partial charge in [-0.15, -0.1) is 10.2 Å². The van der Waals surface area contributed by atoms with E-state index in [0.29, 0.717) is 18.1 Å². The number of aromatic nitrogens is 2. The minimum atomic E-state index is -0.00802. The van der Waals surface area contributed by atoms with E-state index in [0.717, 1.165) is 63.0 Å². The third-order valence-electron chi connectivity index (χ3n) is 5.97. The summed E-state index contributed by atoms with van der Waals surface area (Å²) >= 11 is 6.15. The maximum Gasteiger partial charge on any atom is 0.246 e. The van der Waals surface area contributed by atoms with Crippen molar-refractivity contribution in [2.45, 2.75) is 0 Å². The van der Waals surface area contributed by atoms with E-state index < -0.39 is 0 Å². The zero-order valence-corrected chi connectivity index (χ0v) is 18.9. The third-order valence-corrected chi connectivity index (χ3v) is 6.32. The molecule has 0 unspecified atom stereocenters. The van der Waals surface area contributed by atoms with Crippen LogP contribution in [0.25, 0.3) is 6.08 Å². The number of amides is 1. The van der Waals surface area contributed by atoms with Crippen molar-refractivity contribution in [3.05, 3.63) is 53.1 Å². The molecule has 8 nitrogen and oxygen atoms in total. The minimum absolute atomic E-state index is 0.00802. The normalized spacial score (nSPS) is 17.9. The van der Waals surface area contributed by atoms with Gasteiger partial charge in [-0.05, 0) is 29.8 Å². The molecule has 1 aromatic carbocycles. The maximum absolute atomic E-state index is 12.5. The fourth-order valence-electron chi connectivity index (χ4n) is 4.03. The predicted octanol–water partition coefficient (Wildman–Crippen LogP) is 1.61. The molecule has 2 saturated heterocycles. The molecule has 0 aliphatic carbocycles. The number of hydrogen-bond donors (Lipinski definition) is 1. The molecule has 2 aromatic rings. The van der Waals surface area contributed by atoms with Crippen LogP contribution in [-0.2, 0) is 4.79 Å². The number of aliphatic hydroxyl groups is 1. The van der Waals surface area contributed by atoms with E-state index in [4.69, 9.17) is 16.7 Å². The molecule has 0 bridgehead atoms. The van der Waals surface area contributed by atoms with Crippen LogP contribution in [0.1, 0.15) is 5.56 Å². The van der Waals surface area contributed by atoms with E-state index in [2.05, 4.69) is 24.9 Å². The lowest BCUT2D eigenvalue weighted by Crippen LogP contribution is -2.49. The first-order valence-electron chi connectivity index (χ1n) is 11.0. The van der Waals surface area contributed by atoms with Gasteiger partial charge < -0.3 is 19.8 Å². The highest BCUT2D eigenvalue weighted by atomic mass is 35.5. The highest BCUT2D eigenvalue weighted by Crippen LogP contribution is 2.19. The van der Waals surface area contributed by atoms with Crippen molar-refractivity contribution in [3.8, 4) is 0 Å². The van der Waals surface area contributed by atoms with Crippen molar-refractivity contribution in [3.63, 3.8) is 0 Å². The van der Waals surface area contributed by atoms with Crippen LogP contribution in [0.3, 0.4) is 0 Å². The molecular weight excluding hydrogens is 428 g/mol. The highest BCUT2D eigenvalue weighted by molar-refractivity contribution is 6.32. The van der Waals surface area contributed by atoms with Gasteiger partial charge in [0.05, 0.1) is 6.61 Å². The number of halogens is 1. The molecule has 1 aromatic heterocycles. The molecule has 170 valence electrons. The number of anilines is 2. The topological polar surface area (TPSA) is 76.0 Å². The van der Waals surface area contributed by atoms with Crippen molar-refractivity contribution in [1.29, 1.82) is 0 Å². The van der Waals surface area contributed by atoms with E-state index in [1.54, 1.807) is 12.2 Å². The molecule has 0 spiro atoms. The number of hydrogen-bond acceptors (Lipinski definition) is 7. The number of rotatable bonds is 6. The smallest absolute Gasteiger partial charge is 0.246 e. The van der Waals surface area contributed by atoms with Crippen LogP contribution in [0.2, 0.25) is 5.02 Å². The second kappa shape index (κ2) is 10.8. The summed E-state index contributed by atoms with van der Waals surface area (Å²) in [6.45, 7) is 7.26. The lowest BCUT2D eigenvalue weighted by Gasteiger charge is -2.36. The Balaban J connectivity index is 1.27. The van der Waals surface area contributed by atoms with E-state index in [-0.39, 0.29) is 12.5 Å². The van der Waals surface area contributed by atoms with Gasteiger partial charge in [-0.2, -0.15) is 0 Å². The second-order valence-electron chi connectivity index (χ2n) is 7.97. The second-order valence-corrected chi connectivity index (χ2v) is 8.38. The summed E-state index contributed by atoms with van der Waals surface area (Å²) in [6, 6.07) is 11.5. The van der Waals surface area contributed by atoms with Gasteiger partial charge in [-0.25, -0.2) is 0 Å². The van der Waals surface area contributed by atoms with Crippen molar-refractivity contribution < 1.29 is 9.90 Å². The Labute approximate surface area is 193 Å². The molecular formula is C23H29ClN6O2. The summed E-state index contributed by atoms with van der Waals surface area (Å²) < 4.78 is 0. The fraction of sp³-hybridized carbons (Fsp3) is 0.435. The third kappa shape index (κ3) is 5.56. The Morgan fingerprint density at radius 1 is 0.906 bits per heavy atom. The molecule has 2 fully saturated rings. The first kappa shape index (κ1) is 22.5. The van der Waals surface area contributed by atoms with E-state index in [1.165, 1.54) is 0 Å². The maximum atomic E-state index is 12.5. The van der Waals surface area contributed by atoms with Crippen LogP contribution < -0.4 is 9.80 Å². The van der Waals surface area contributed by atoms with Crippen LogP contribution in [-0.4, -0.2) is 96.5 Å². The average molecular weight is 457 g/mol. The van der Waals surface area contributed by atoms with E-state index >= 15 is 0 Å². The Morgan fingerprint density at radius 3 is 2.06 bits per heavy atom. The van der Waals surface area contributed by atoms with Gasteiger partial charge in [-0.1, -0.05) is 29.8 Å². The van der Waals surface area contributed by atoms with Crippen LogP contribution in [0.4, 0.5) is 11.6 Å². The molecule has 0 radical (unpaired) electrons. The highest BCUT2D eigenvalue weighted by Gasteiger charge is 2.22. The number of nitrogens with zero attached hydrogens (tertiary/aromatic N) is 6. The molecule has 2 aliphatic rings. The Kier molecular flexibility index (Phi) is 7.57. The molecule has 9 heteroatoms. The minimum Gasteiger partial charge on any atom is -0.395 e. The number of carbonyl (C=O) groups is 1. The largest absolute Gasteiger partial charge is 0.395 e. The van der Waals surface area contributed by atoms with Crippen molar-refractivity contribution in [2.75, 3.05) is 75.3 Å². The zero-order valence-electron chi connectivity index (χ0n) is 18.1. The molecule has 1 N–H and O–H groups in total. The van der Waals surface area contributed by atoms with Crippen LogP contribution in [0, 0.1) is 0 Å². The molecule has 2 aliphatic heterocycles. The van der Waals surface area contributed by atoms with Gasteiger partial charge in [0.25, 0.3) is 0 Å². The van der Waals surface area contributed by atoms with E-state index in [1.807, 2.05) is 41.3 Å². The van der Waals surface area contributed by atoms with Gasteiger partial charge >= 0.3 is 0 Å². The summed E-state index contributed by atoms with van der Waals surface area (Å²) in [4.78, 5) is 21.0. The molecule has 1 amide bonds. The summed E-state index contributed by atoms with van der Waals surface area (Å²) in [5, 5.41) is 18.6. The van der Waals surface area contributed by atoms with Crippen molar-refractivity contribution in [1.82, 2.24) is 20.0 Å². The monoisotopic (exact) mass is 456 g/mol. The first-order chi connectivity index (χ1) is 15.6. The number of aliphatic hydroxyl groups excluding tert-OH is 1. The SMILES string of the molecule is O=C(/C=C/c1ccccc1Cl)N1CCN(c2ccc(N3CCN(CCO)CC3)nn2)CC1. The van der Waals surface area contributed by atoms with Gasteiger partial charge in [-0.3, -0.25) is 9.69 Å². The number of β-amino-alcohol motifs (C(OH)–C–C–N with tert-alkyl or cyclic N) is 1. The lowest BCUT2D eigenvalue weighted by atomic mass is 10.2. The lowest BCUT2D eigenvalue weighted by molar-refractivity contribution is -0.126. The number of carbonyl (C=O) groups excluding carboxylic acids is 1. The summed E-state index contributed by atoms with van der Waals surface area (Å²) in [7, 11) is 0. The fourth-order valence-corrected chi connectivity index (χ4v) is 4.23. The van der Waals surface area contributed by atoms with Crippen LogP contribution in [0.15, 0.2) is 42.5 Å². The molecule has 3 heterocycles. The summed E-state index contributed by atoms with van der Waals surface area (Å²) in [6.07, 6.45) is 3.36. The average Bonchev–Trinajstić information content (AvgIpc) is 2.84. The number of piperazine rings is 2. The quantitative estimate of drug-likeness (QED) is 0.662. The van der Waals surface area contributed by atoms with Crippen molar-refractivity contribution >= 4 is 35.2 Å². The summed E-state index contributed by atoms with van der Waals surface area (Å²) in [5.74, 6) is 1.72. The van der Waals surface area contributed by atoms with Gasteiger partial charge in [0.1, 0.15) is 0 Å². The van der Waals surface area contributed by atoms with Crippen LogP contribution >= 0.6 is 11.6 Å². The van der Waals surface area contributed by atoms with Gasteiger partial charge in [0, 0.05) is 70.0 Å². The van der Waals surface area contributed by atoms with Gasteiger partial charge in [0.2, 0.25) is 5.91 Å². The Bertz CT molecular complexity index is 922. The Hall–Kier alpha value is -2.68. The summed E-state index contributed by atoms with van der Waals surface area (Å²) in [5.41, 5.74) is 0.839. The standard InChI is InChI=1S/C23H29ClN6O2/c24-20-4-2-1-3-19(20)5-8-23(32)30-15-13-29(14-16-30)22-7-6-21(25-26-22)28-11-9-27(10-12-28)17-18-31/h1-8,31H,9-18H2/b8-5+. The Morgan fingerprint density at radius 2 is 1.50 bits per heavy atom. The molecule has 4 rings (SSSR count). The number of benzene rings is 1. The predicted molar refractivity (Wildman–Crippen MR) is 127 cm³/mol. The van der Waals surface area contributed by atoms with Crippen molar-refractivity contribution in [2.24, 2.45) is 0 Å². The van der Waals surface area contributed by atoms with E-state index in [9.17, 15) is 4.79 Å². The molecule has 0 atom stereocenters. The van der Waals surface area contributed by atoms with Gasteiger partial charge in [0.15, 0.2) is 11.6 Å².